The van der Waals surface area contributed by atoms with Crippen LogP contribution in [0.25, 0.3) is 22.3 Å². The molecule has 0 bridgehead atoms. The summed E-state index contributed by atoms with van der Waals surface area (Å²) in [7, 11) is 3.23. The summed E-state index contributed by atoms with van der Waals surface area (Å²) in [4.78, 5) is 15.2. The fourth-order valence-corrected chi connectivity index (χ4v) is 3.84. The van der Waals surface area contributed by atoms with E-state index in [-0.39, 0.29) is 5.91 Å². The molecule has 1 amide bonds. The summed E-state index contributed by atoms with van der Waals surface area (Å²) in [6.07, 6.45) is 0. The standard InChI is InChI=1S/C26H27NO4/c1-18-4-6-19(7-5-18)20-8-10-22(26(28)27-12-14-31-15-13-27)23(16-20)21-9-11-24(29-2)25(17-21)30-3/h4-11,16-17H,12-15H2,1-3H3. The van der Waals surface area contributed by atoms with Gasteiger partial charge in [-0.3, -0.25) is 4.79 Å². The smallest absolute Gasteiger partial charge is 0.254 e. The van der Waals surface area contributed by atoms with Crippen molar-refractivity contribution >= 4 is 5.91 Å². The summed E-state index contributed by atoms with van der Waals surface area (Å²) < 4.78 is 16.3. The molecule has 0 unspecified atom stereocenters. The zero-order valence-electron chi connectivity index (χ0n) is 18.2. The predicted molar refractivity (Wildman–Crippen MR) is 122 cm³/mol. The van der Waals surface area contributed by atoms with Crippen LogP contribution in [0.1, 0.15) is 15.9 Å². The first-order valence-corrected chi connectivity index (χ1v) is 10.4. The first-order valence-electron chi connectivity index (χ1n) is 10.4. The largest absolute Gasteiger partial charge is 0.493 e. The maximum atomic E-state index is 13.4. The third-order valence-electron chi connectivity index (χ3n) is 5.63. The van der Waals surface area contributed by atoms with Crippen molar-refractivity contribution in [2.24, 2.45) is 0 Å². The molecule has 1 aliphatic rings. The molecule has 1 aliphatic heterocycles. The van der Waals surface area contributed by atoms with Crippen LogP contribution in [0.4, 0.5) is 0 Å². The van der Waals surface area contributed by atoms with E-state index in [0.29, 0.717) is 43.4 Å². The number of carbonyl (C=O) groups excluding carboxylic acids is 1. The molecule has 0 spiro atoms. The van der Waals surface area contributed by atoms with Gasteiger partial charge in [0.15, 0.2) is 11.5 Å². The van der Waals surface area contributed by atoms with Gasteiger partial charge < -0.3 is 19.1 Å². The molecule has 3 aromatic carbocycles. The molecule has 3 aromatic rings. The van der Waals surface area contributed by atoms with Crippen LogP contribution in [0.15, 0.2) is 60.7 Å². The van der Waals surface area contributed by atoms with E-state index in [1.165, 1.54) is 5.56 Å². The Bertz CT molecular complexity index is 1070. The summed E-state index contributed by atoms with van der Waals surface area (Å²) >= 11 is 0. The number of hydrogen-bond acceptors (Lipinski definition) is 4. The van der Waals surface area contributed by atoms with Gasteiger partial charge in [0.05, 0.1) is 27.4 Å². The quantitative estimate of drug-likeness (QED) is 0.597. The van der Waals surface area contributed by atoms with E-state index in [4.69, 9.17) is 14.2 Å². The molecule has 160 valence electrons. The Labute approximate surface area is 183 Å². The minimum absolute atomic E-state index is 0.0172. The Morgan fingerprint density at radius 3 is 2.13 bits per heavy atom. The van der Waals surface area contributed by atoms with Gasteiger partial charge in [-0.15, -0.1) is 0 Å². The summed E-state index contributed by atoms with van der Waals surface area (Å²) in [5.41, 5.74) is 5.83. The molecule has 0 aromatic heterocycles. The topological polar surface area (TPSA) is 48.0 Å². The highest BCUT2D eigenvalue weighted by Crippen LogP contribution is 2.36. The van der Waals surface area contributed by atoms with Crippen molar-refractivity contribution in [1.82, 2.24) is 4.90 Å². The number of ether oxygens (including phenoxy) is 3. The van der Waals surface area contributed by atoms with Crippen molar-refractivity contribution in [2.75, 3.05) is 40.5 Å². The van der Waals surface area contributed by atoms with Gasteiger partial charge in [0.25, 0.3) is 5.91 Å². The zero-order chi connectivity index (χ0) is 21.8. The predicted octanol–water partition coefficient (Wildman–Crippen LogP) is 4.82. The number of carbonyl (C=O) groups is 1. The number of hydrogen-bond donors (Lipinski definition) is 0. The molecule has 5 nitrogen and oxygen atoms in total. The van der Waals surface area contributed by atoms with E-state index in [2.05, 4.69) is 37.3 Å². The highest BCUT2D eigenvalue weighted by molar-refractivity contribution is 6.02. The van der Waals surface area contributed by atoms with Crippen LogP contribution in [0.2, 0.25) is 0 Å². The lowest BCUT2D eigenvalue weighted by Gasteiger charge is -2.28. The second-order valence-electron chi connectivity index (χ2n) is 7.60. The van der Waals surface area contributed by atoms with E-state index < -0.39 is 0 Å². The van der Waals surface area contributed by atoms with E-state index in [1.54, 1.807) is 14.2 Å². The Hall–Kier alpha value is -3.31. The number of aryl methyl sites for hydroxylation is 1. The SMILES string of the molecule is COc1ccc(-c2cc(-c3ccc(C)cc3)ccc2C(=O)N2CCOCC2)cc1OC. The second-order valence-corrected chi connectivity index (χ2v) is 7.60. The molecule has 0 atom stereocenters. The molecule has 0 aliphatic carbocycles. The highest BCUT2D eigenvalue weighted by atomic mass is 16.5. The first-order chi connectivity index (χ1) is 15.1. The Kier molecular flexibility index (Phi) is 6.23. The van der Waals surface area contributed by atoms with Crippen molar-refractivity contribution in [3.05, 3.63) is 71.8 Å². The molecular weight excluding hydrogens is 390 g/mol. The lowest BCUT2D eigenvalue weighted by molar-refractivity contribution is 0.0303. The maximum absolute atomic E-state index is 13.4. The Morgan fingerprint density at radius 1 is 0.806 bits per heavy atom. The fourth-order valence-electron chi connectivity index (χ4n) is 3.84. The Balaban J connectivity index is 1.83. The number of benzene rings is 3. The molecule has 5 heteroatoms. The van der Waals surface area contributed by atoms with Crippen molar-refractivity contribution in [1.29, 1.82) is 0 Å². The van der Waals surface area contributed by atoms with Gasteiger partial charge in [-0.05, 0) is 53.4 Å². The molecule has 0 N–H and O–H groups in total. The van der Waals surface area contributed by atoms with Crippen molar-refractivity contribution in [2.45, 2.75) is 6.92 Å². The van der Waals surface area contributed by atoms with Crippen molar-refractivity contribution in [3.63, 3.8) is 0 Å². The van der Waals surface area contributed by atoms with Crippen LogP contribution in [0.3, 0.4) is 0 Å². The maximum Gasteiger partial charge on any atom is 0.254 e. The number of amides is 1. The summed E-state index contributed by atoms with van der Waals surface area (Å²) in [5, 5.41) is 0. The number of methoxy groups -OCH3 is 2. The summed E-state index contributed by atoms with van der Waals surface area (Å²) in [6, 6.07) is 20.2. The van der Waals surface area contributed by atoms with Gasteiger partial charge in [-0.2, -0.15) is 0 Å². The lowest BCUT2D eigenvalue weighted by Crippen LogP contribution is -2.40. The average Bonchev–Trinajstić information content (AvgIpc) is 2.83. The van der Waals surface area contributed by atoms with Crippen LogP contribution >= 0.6 is 0 Å². The van der Waals surface area contributed by atoms with E-state index >= 15 is 0 Å². The molecule has 0 saturated carbocycles. The minimum atomic E-state index is 0.0172. The van der Waals surface area contributed by atoms with Gasteiger partial charge in [0.1, 0.15) is 0 Å². The molecule has 31 heavy (non-hydrogen) atoms. The van der Waals surface area contributed by atoms with Crippen LogP contribution in [0.5, 0.6) is 11.5 Å². The van der Waals surface area contributed by atoms with Gasteiger partial charge in [0, 0.05) is 18.7 Å². The molecule has 4 rings (SSSR count). The van der Waals surface area contributed by atoms with Gasteiger partial charge in [0.2, 0.25) is 0 Å². The molecule has 1 saturated heterocycles. The lowest BCUT2D eigenvalue weighted by atomic mass is 9.93. The van der Waals surface area contributed by atoms with Gasteiger partial charge in [-0.1, -0.05) is 42.0 Å². The van der Waals surface area contributed by atoms with Gasteiger partial charge >= 0.3 is 0 Å². The number of nitrogens with zero attached hydrogens (tertiary/aromatic N) is 1. The van der Waals surface area contributed by atoms with Crippen molar-refractivity contribution in [3.8, 4) is 33.8 Å². The van der Waals surface area contributed by atoms with Crippen LogP contribution < -0.4 is 9.47 Å². The van der Waals surface area contributed by atoms with Crippen LogP contribution in [0, 0.1) is 6.92 Å². The third kappa shape index (κ3) is 4.42. The molecule has 1 fully saturated rings. The summed E-state index contributed by atoms with van der Waals surface area (Å²) in [6.45, 7) is 4.41. The molecule has 0 radical (unpaired) electrons. The Morgan fingerprint density at radius 2 is 1.45 bits per heavy atom. The van der Waals surface area contributed by atoms with Crippen molar-refractivity contribution < 1.29 is 19.0 Å². The minimum Gasteiger partial charge on any atom is -0.493 e. The first kappa shape index (κ1) is 20.9. The van der Waals surface area contributed by atoms with E-state index in [1.807, 2.05) is 35.2 Å². The fraction of sp³-hybridized carbons (Fsp3) is 0.269. The highest BCUT2D eigenvalue weighted by Gasteiger charge is 2.22. The van der Waals surface area contributed by atoms with E-state index in [9.17, 15) is 4.79 Å². The van der Waals surface area contributed by atoms with Crippen LogP contribution in [-0.4, -0.2) is 51.3 Å². The van der Waals surface area contributed by atoms with E-state index in [0.717, 1.165) is 22.3 Å². The zero-order valence-corrected chi connectivity index (χ0v) is 18.2. The monoisotopic (exact) mass is 417 g/mol. The normalized spacial score (nSPS) is 13.7. The summed E-state index contributed by atoms with van der Waals surface area (Å²) in [5.74, 6) is 1.30. The van der Waals surface area contributed by atoms with Crippen LogP contribution in [-0.2, 0) is 4.74 Å². The molecule has 1 heterocycles. The average molecular weight is 418 g/mol. The second kappa shape index (κ2) is 9.23. The molecular formula is C26H27NO4. The number of rotatable bonds is 5. The number of morpholine rings is 1. The van der Waals surface area contributed by atoms with Gasteiger partial charge in [-0.25, -0.2) is 0 Å². The third-order valence-corrected chi connectivity index (χ3v) is 5.63.